The molecule has 4 nitrogen and oxygen atoms in total. The van der Waals surface area contributed by atoms with Crippen molar-refractivity contribution in [1.82, 2.24) is 0 Å². The van der Waals surface area contributed by atoms with Crippen molar-refractivity contribution < 1.29 is 97.4 Å². The number of carbonyl (C=O) groups is 2. The summed E-state index contributed by atoms with van der Waals surface area (Å²) in [5.41, 5.74) is 1.87. The first kappa shape index (κ1) is 41.0. The number of allylic oxidation sites excluding steroid dienone is 4. The van der Waals surface area contributed by atoms with Crippen molar-refractivity contribution >= 4 is 11.6 Å². The smallest absolute Gasteiger partial charge is 0.394 e. The SMILES string of the molecule is NC(=C(F)C(=O)CCCCCCC(=O)C(F)=C(N)C(F)(F)C(F)(F)C(F)(F)C(F)(F)F)C(F)(F)C(F)(F)C(F)(F)C(F)(F)F. The Bertz CT molecular complexity index is 1050. The van der Waals surface area contributed by atoms with Gasteiger partial charge in [0, 0.05) is 12.8 Å². The Morgan fingerprint density at radius 1 is 0.409 bits per heavy atom. The zero-order chi connectivity index (χ0) is 35.7. The van der Waals surface area contributed by atoms with E-state index in [1.54, 1.807) is 0 Å². The molecule has 44 heavy (non-hydrogen) atoms. The second-order valence-electron chi connectivity index (χ2n) is 8.66. The average molecular weight is 696 g/mol. The molecule has 0 amide bonds. The summed E-state index contributed by atoms with van der Waals surface area (Å²) in [5, 5.41) is 0. The molecular weight excluding hydrogens is 680 g/mol. The van der Waals surface area contributed by atoms with Gasteiger partial charge in [0.15, 0.2) is 23.2 Å². The van der Waals surface area contributed by atoms with E-state index in [1.165, 1.54) is 0 Å². The van der Waals surface area contributed by atoms with Gasteiger partial charge in [-0.1, -0.05) is 12.8 Å². The first-order valence-electron chi connectivity index (χ1n) is 11.0. The molecule has 258 valence electrons. The standard InChI is InChI=1S/C20H16F20N2O2/c21-9(11(41)13(23,24)15(27,28)17(31,32)19(35,36)37)7(43)5-3-1-2-4-6-8(44)10(22)12(42)14(25,26)16(29,30)18(33,34)20(38,39)40/h1-6,41-42H2. The molecule has 0 spiro atoms. The van der Waals surface area contributed by atoms with E-state index in [-0.39, 0.29) is 0 Å². The molecule has 0 unspecified atom stereocenters. The van der Waals surface area contributed by atoms with Gasteiger partial charge in [-0.05, 0) is 12.8 Å². The Labute approximate surface area is 231 Å². The lowest BCUT2D eigenvalue weighted by atomic mass is 9.98. The molecule has 0 aliphatic rings. The number of nitrogens with two attached hydrogens (primary N) is 2. The largest absolute Gasteiger partial charge is 0.460 e. The summed E-state index contributed by atoms with van der Waals surface area (Å²) in [7, 11) is 0. The van der Waals surface area contributed by atoms with Crippen LogP contribution in [0, 0.1) is 0 Å². The topological polar surface area (TPSA) is 86.2 Å². The Kier molecular flexibility index (Phi) is 11.9. The summed E-state index contributed by atoms with van der Waals surface area (Å²) in [6.07, 6.45) is -19.5. The van der Waals surface area contributed by atoms with Crippen LogP contribution in [-0.4, -0.2) is 59.5 Å². The molecule has 0 fully saturated rings. The van der Waals surface area contributed by atoms with Crippen molar-refractivity contribution in [2.45, 2.75) is 86.4 Å². The van der Waals surface area contributed by atoms with E-state index < -0.39 is 121 Å². The van der Waals surface area contributed by atoms with Gasteiger partial charge in [0.1, 0.15) is 11.4 Å². The molecular formula is C20H16F20N2O2. The van der Waals surface area contributed by atoms with E-state index >= 15 is 0 Å². The number of hydrogen-bond acceptors (Lipinski definition) is 4. The van der Waals surface area contributed by atoms with Gasteiger partial charge in [-0.25, -0.2) is 8.78 Å². The van der Waals surface area contributed by atoms with Gasteiger partial charge >= 0.3 is 47.9 Å². The van der Waals surface area contributed by atoms with Crippen molar-refractivity contribution in [2.75, 3.05) is 0 Å². The van der Waals surface area contributed by atoms with Crippen LogP contribution in [-0.2, 0) is 9.59 Å². The maximum Gasteiger partial charge on any atom is 0.460 e. The lowest BCUT2D eigenvalue weighted by Gasteiger charge is -2.33. The highest BCUT2D eigenvalue weighted by Gasteiger charge is 2.83. The molecule has 0 aliphatic carbocycles. The molecule has 0 radical (unpaired) electrons. The third kappa shape index (κ3) is 7.28. The van der Waals surface area contributed by atoms with Gasteiger partial charge in [-0.15, -0.1) is 0 Å². The summed E-state index contributed by atoms with van der Waals surface area (Å²) in [6.45, 7) is 0. The van der Waals surface area contributed by atoms with Gasteiger partial charge in [0.05, 0.1) is 0 Å². The molecule has 0 saturated heterocycles. The Morgan fingerprint density at radius 3 is 0.841 bits per heavy atom. The molecule has 0 bridgehead atoms. The first-order valence-corrected chi connectivity index (χ1v) is 11.0. The maximum absolute atomic E-state index is 13.8. The molecule has 0 atom stereocenters. The van der Waals surface area contributed by atoms with Crippen LogP contribution in [0.4, 0.5) is 87.8 Å². The zero-order valence-corrected chi connectivity index (χ0v) is 20.8. The second kappa shape index (κ2) is 12.8. The molecule has 0 saturated carbocycles. The molecule has 0 heterocycles. The molecule has 24 heteroatoms. The summed E-state index contributed by atoms with van der Waals surface area (Å²) in [4.78, 5) is 23.1. The highest BCUT2D eigenvalue weighted by Crippen LogP contribution is 2.56. The van der Waals surface area contributed by atoms with Crippen LogP contribution in [0.25, 0.3) is 0 Å². The number of carbonyl (C=O) groups excluding carboxylic acids is 2. The van der Waals surface area contributed by atoms with E-state index in [0.717, 1.165) is 0 Å². The van der Waals surface area contributed by atoms with E-state index in [1.807, 2.05) is 0 Å². The van der Waals surface area contributed by atoms with Crippen molar-refractivity contribution in [3.05, 3.63) is 23.0 Å². The number of halogens is 20. The van der Waals surface area contributed by atoms with Gasteiger partial charge in [0.2, 0.25) is 0 Å². The number of ketones is 2. The van der Waals surface area contributed by atoms with Crippen LogP contribution in [0.2, 0.25) is 0 Å². The molecule has 0 aromatic rings. The third-order valence-electron chi connectivity index (χ3n) is 5.49. The number of unbranched alkanes of at least 4 members (excludes halogenated alkanes) is 3. The second-order valence-corrected chi connectivity index (χ2v) is 8.66. The average Bonchev–Trinajstić information content (AvgIpc) is 2.86. The predicted molar refractivity (Wildman–Crippen MR) is 104 cm³/mol. The minimum atomic E-state index is -7.46. The van der Waals surface area contributed by atoms with Crippen molar-refractivity contribution in [2.24, 2.45) is 11.5 Å². The quantitative estimate of drug-likeness (QED) is 0.105. The predicted octanol–water partition coefficient (Wildman–Crippen LogP) is 7.68. The molecule has 4 N–H and O–H groups in total. The van der Waals surface area contributed by atoms with Crippen molar-refractivity contribution in [3.63, 3.8) is 0 Å². The summed E-state index contributed by atoms with van der Waals surface area (Å²) >= 11 is 0. The summed E-state index contributed by atoms with van der Waals surface area (Å²) in [6, 6.07) is 0. The number of rotatable bonds is 15. The monoisotopic (exact) mass is 696 g/mol. The van der Waals surface area contributed by atoms with E-state index in [0.29, 0.717) is 0 Å². The van der Waals surface area contributed by atoms with Gasteiger partial charge in [-0.2, -0.15) is 79.0 Å². The van der Waals surface area contributed by atoms with Gasteiger partial charge in [-0.3, -0.25) is 9.59 Å². The van der Waals surface area contributed by atoms with E-state index in [4.69, 9.17) is 0 Å². The Morgan fingerprint density at radius 2 is 0.636 bits per heavy atom. The molecule has 0 aliphatic heterocycles. The highest BCUT2D eigenvalue weighted by atomic mass is 19.4. The van der Waals surface area contributed by atoms with E-state index in [9.17, 15) is 97.4 Å². The fourth-order valence-corrected chi connectivity index (χ4v) is 2.81. The minimum absolute atomic E-state index is 0.474. The maximum atomic E-state index is 13.8. The van der Waals surface area contributed by atoms with Gasteiger partial charge < -0.3 is 11.5 Å². The molecule has 0 aromatic carbocycles. The molecule has 0 rings (SSSR count). The van der Waals surface area contributed by atoms with Crippen LogP contribution >= 0.6 is 0 Å². The lowest BCUT2D eigenvalue weighted by Crippen LogP contribution is -2.62. The third-order valence-corrected chi connectivity index (χ3v) is 5.49. The Balaban J connectivity index is 5.36. The number of hydrogen-bond donors (Lipinski definition) is 2. The number of Topliss-reactive ketones (excluding diaryl/α,β-unsaturated/α-hetero) is 2. The van der Waals surface area contributed by atoms with Crippen molar-refractivity contribution in [3.8, 4) is 0 Å². The van der Waals surface area contributed by atoms with Crippen LogP contribution in [0.15, 0.2) is 23.0 Å². The summed E-state index contributed by atoms with van der Waals surface area (Å²) in [5.74, 6) is -53.8. The normalized spacial score (nSPS) is 16.0. The summed E-state index contributed by atoms with van der Waals surface area (Å²) < 4.78 is 259. The van der Waals surface area contributed by atoms with Crippen LogP contribution in [0.1, 0.15) is 38.5 Å². The van der Waals surface area contributed by atoms with Crippen molar-refractivity contribution in [1.29, 1.82) is 0 Å². The number of alkyl halides is 18. The first-order chi connectivity index (χ1) is 19.2. The van der Waals surface area contributed by atoms with Crippen LogP contribution < -0.4 is 11.5 Å². The zero-order valence-electron chi connectivity index (χ0n) is 20.8. The highest BCUT2D eigenvalue weighted by molar-refractivity contribution is 5.94. The Hall–Kier alpha value is -2.98. The fraction of sp³-hybridized carbons (Fsp3) is 0.700. The molecule has 0 aromatic heterocycles. The van der Waals surface area contributed by atoms with Crippen LogP contribution in [0.3, 0.4) is 0 Å². The van der Waals surface area contributed by atoms with Gasteiger partial charge in [0.25, 0.3) is 0 Å². The van der Waals surface area contributed by atoms with E-state index in [2.05, 4.69) is 11.5 Å². The fourth-order valence-electron chi connectivity index (χ4n) is 2.81. The van der Waals surface area contributed by atoms with Crippen LogP contribution in [0.5, 0.6) is 0 Å². The minimum Gasteiger partial charge on any atom is -0.394 e. The lowest BCUT2D eigenvalue weighted by molar-refractivity contribution is -0.390.